The lowest BCUT2D eigenvalue weighted by Crippen LogP contribution is -2.50. The highest BCUT2D eigenvalue weighted by molar-refractivity contribution is 9.10. The largest absolute Gasteiger partial charge is 0.340 e. The van der Waals surface area contributed by atoms with Crippen LogP contribution in [0.5, 0.6) is 0 Å². The van der Waals surface area contributed by atoms with Crippen LogP contribution in [-0.4, -0.2) is 48.4 Å². The third kappa shape index (κ3) is 3.55. The van der Waals surface area contributed by atoms with E-state index in [4.69, 9.17) is 5.73 Å². The summed E-state index contributed by atoms with van der Waals surface area (Å²) in [5.74, 6) is 0.159. The number of piperazine rings is 1. The lowest BCUT2D eigenvalue weighted by molar-refractivity contribution is -0.130. The maximum atomic E-state index is 11.3. The molecule has 4 nitrogen and oxygen atoms in total. The van der Waals surface area contributed by atoms with Gasteiger partial charge in [-0.25, -0.2) is 0 Å². The van der Waals surface area contributed by atoms with E-state index >= 15 is 0 Å². The summed E-state index contributed by atoms with van der Waals surface area (Å²) < 4.78 is 1.07. The quantitative estimate of drug-likeness (QED) is 0.918. The van der Waals surface area contributed by atoms with Gasteiger partial charge in [-0.3, -0.25) is 9.69 Å². The molecule has 19 heavy (non-hydrogen) atoms. The van der Waals surface area contributed by atoms with Gasteiger partial charge >= 0.3 is 0 Å². The van der Waals surface area contributed by atoms with Gasteiger partial charge in [0.15, 0.2) is 0 Å². The van der Waals surface area contributed by atoms with Crippen LogP contribution in [0.4, 0.5) is 0 Å². The molecule has 1 aromatic carbocycles. The standard InChI is InChI=1S/C14H20BrN3O/c1-11(19)17-5-7-18(8-6-17)14(10-16)12-3-2-4-13(15)9-12/h2-4,9,14H,5-8,10,16H2,1H3. The number of amides is 1. The van der Waals surface area contributed by atoms with Gasteiger partial charge in [0.25, 0.3) is 0 Å². The predicted molar refractivity (Wildman–Crippen MR) is 79.8 cm³/mol. The Kier molecular flexibility index (Phi) is 4.96. The van der Waals surface area contributed by atoms with E-state index in [1.54, 1.807) is 6.92 Å². The Morgan fingerprint density at radius 2 is 2.05 bits per heavy atom. The smallest absolute Gasteiger partial charge is 0.219 e. The minimum atomic E-state index is 0.159. The zero-order valence-corrected chi connectivity index (χ0v) is 12.8. The lowest BCUT2D eigenvalue weighted by Gasteiger charge is -2.38. The summed E-state index contributed by atoms with van der Waals surface area (Å²) >= 11 is 3.50. The second kappa shape index (κ2) is 6.50. The SMILES string of the molecule is CC(=O)N1CCN(C(CN)c2cccc(Br)c2)CC1. The highest BCUT2D eigenvalue weighted by atomic mass is 79.9. The summed E-state index contributed by atoms with van der Waals surface area (Å²) in [6, 6.07) is 8.51. The van der Waals surface area contributed by atoms with Crippen molar-refractivity contribution in [1.29, 1.82) is 0 Å². The third-order valence-corrected chi connectivity index (χ3v) is 4.15. The number of nitrogens with two attached hydrogens (primary N) is 1. The van der Waals surface area contributed by atoms with Crippen molar-refractivity contribution in [3.05, 3.63) is 34.3 Å². The van der Waals surface area contributed by atoms with E-state index < -0.39 is 0 Å². The van der Waals surface area contributed by atoms with Gasteiger partial charge in [-0.1, -0.05) is 28.1 Å². The molecule has 1 aliphatic rings. The van der Waals surface area contributed by atoms with Gasteiger partial charge in [0, 0.05) is 50.2 Å². The molecule has 0 saturated carbocycles. The molecule has 2 rings (SSSR count). The highest BCUT2D eigenvalue weighted by Crippen LogP contribution is 2.23. The molecule has 1 aromatic rings. The molecule has 0 aliphatic carbocycles. The summed E-state index contributed by atoms with van der Waals surface area (Å²) in [6.45, 7) is 5.57. The van der Waals surface area contributed by atoms with Gasteiger partial charge in [0.2, 0.25) is 5.91 Å². The fraction of sp³-hybridized carbons (Fsp3) is 0.500. The van der Waals surface area contributed by atoms with Crippen molar-refractivity contribution in [2.45, 2.75) is 13.0 Å². The lowest BCUT2D eigenvalue weighted by atomic mass is 10.0. The molecule has 1 saturated heterocycles. The molecule has 5 heteroatoms. The third-order valence-electron chi connectivity index (χ3n) is 3.66. The monoisotopic (exact) mass is 325 g/mol. The maximum Gasteiger partial charge on any atom is 0.219 e. The second-order valence-corrected chi connectivity index (χ2v) is 5.76. The summed E-state index contributed by atoms with van der Waals surface area (Å²) in [7, 11) is 0. The molecule has 104 valence electrons. The second-order valence-electron chi connectivity index (χ2n) is 4.85. The molecule has 1 unspecified atom stereocenters. The van der Waals surface area contributed by atoms with Crippen LogP contribution >= 0.6 is 15.9 Å². The molecule has 1 amide bonds. The fourth-order valence-electron chi connectivity index (χ4n) is 2.56. The molecule has 1 heterocycles. The van der Waals surface area contributed by atoms with Crippen LogP contribution in [0.2, 0.25) is 0 Å². The Labute approximate surface area is 122 Å². The van der Waals surface area contributed by atoms with Crippen molar-refractivity contribution in [3.8, 4) is 0 Å². The molecule has 0 spiro atoms. The zero-order valence-electron chi connectivity index (χ0n) is 11.2. The van der Waals surface area contributed by atoms with Crippen LogP contribution in [0, 0.1) is 0 Å². The van der Waals surface area contributed by atoms with Gasteiger partial charge in [-0.2, -0.15) is 0 Å². The molecule has 0 radical (unpaired) electrons. The number of carbonyl (C=O) groups is 1. The van der Waals surface area contributed by atoms with Gasteiger partial charge in [0.05, 0.1) is 0 Å². The molecule has 0 aromatic heterocycles. The Morgan fingerprint density at radius 1 is 1.37 bits per heavy atom. The first-order valence-electron chi connectivity index (χ1n) is 6.57. The first kappa shape index (κ1) is 14.5. The Balaban J connectivity index is 2.05. The zero-order chi connectivity index (χ0) is 13.8. The number of hydrogen-bond acceptors (Lipinski definition) is 3. The van der Waals surface area contributed by atoms with Crippen LogP contribution in [0.25, 0.3) is 0 Å². The first-order valence-corrected chi connectivity index (χ1v) is 7.36. The molecule has 1 fully saturated rings. The summed E-state index contributed by atoms with van der Waals surface area (Å²) in [5, 5.41) is 0. The van der Waals surface area contributed by atoms with Gasteiger partial charge in [-0.15, -0.1) is 0 Å². The van der Waals surface area contributed by atoms with E-state index in [0.717, 1.165) is 30.7 Å². The molecule has 1 aliphatic heterocycles. The molecule has 0 bridgehead atoms. The normalized spacial score (nSPS) is 18.4. The Morgan fingerprint density at radius 3 is 2.58 bits per heavy atom. The van der Waals surface area contributed by atoms with Gasteiger partial charge in [-0.05, 0) is 17.7 Å². The highest BCUT2D eigenvalue weighted by Gasteiger charge is 2.25. The van der Waals surface area contributed by atoms with Crippen LogP contribution in [0.3, 0.4) is 0 Å². The molecular weight excluding hydrogens is 306 g/mol. The average Bonchev–Trinajstić information content (AvgIpc) is 2.40. The maximum absolute atomic E-state index is 11.3. The summed E-state index contributed by atoms with van der Waals surface area (Å²) in [5.41, 5.74) is 7.17. The fourth-order valence-corrected chi connectivity index (χ4v) is 2.98. The minimum absolute atomic E-state index is 0.159. The van der Waals surface area contributed by atoms with Gasteiger partial charge < -0.3 is 10.6 Å². The number of benzene rings is 1. The molecular formula is C14H20BrN3O. The van der Waals surface area contributed by atoms with E-state index in [-0.39, 0.29) is 11.9 Å². The van der Waals surface area contributed by atoms with Crippen molar-refractivity contribution in [3.63, 3.8) is 0 Å². The van der Waals surface area contributed by atoms with Crippen molar-refractivity contribution >= 4 is 21.8 Å². The number of hydrogen-bond donors (Lipinski definition) is 1. The predicted octanol–water partition coefficient (Wildman–Crippen LogP) is 1.61. The van der Waals surface area contributed by atoms with Crippen molar-refractivity contribution in [1.82, 2.24) is 9.80 Å². The van der Waals surface area contributed by atoms with E-state index in [2.05, 4.69) is 33.0 Å². The Hall–Kier alpha value is -0.910. The molecule has 2 N–H and O–H groups in total. The number of rotatable bonds is 3. The Bertz CT molecular complexity index is 444. The van der Waals surface area contributed by atoms with Crippen LogP contribution in [0.15, 0.2) is 28.7 Å². The van der Waals surface area contributed by atoms with E-state index in [0.29, 0.717) is 6.54 Å². The number of halogens is 1. The topological polar surface area (TPSA) is 49.6 Å². The van der Waals surface area contributed by atoms with E-state index in [1.807, 2.05) is 17.0 Å². The van der Waals surface area contributed by atoms with Crippen molar-refractivity contribution in [2.75, 3.05) is 32.7 Å². The van der Waals surface area contributed by atoms with Crippen molar-refractivity contribution < 1.29 is 4.79 Å². The van der Waals surface area contributed by atoms with Crippen LogP contribution < -0.4 is 5.73 Å². The average molecular weight is 326 g/mol. The van der Waals surface area contributed by atoms with Gasteiger partial charge in [0.1, 0.15) is 0 Å². The number of nitrogens with zero attached hydrogens (tertiary/aromatic N) is 2. The summed E-state index contributed by atoms with van der Waals surface area (Å²) in [6.07, 6.45) is 0. The number of carbonyl (C=O) groups excluding carboxylic acids is 1. The summed E-state index contributed by atoms with van der Waals surface area (Å²) in [4.78, 5) is 15.6. The van der Waals surface area contributed by atoms with Crippen LogP contribution in [-0.2, 0) is 4.79 Å². The van der Waals surface area contributed by atoms with E-state index in [1.165, 1.54) is 5.56 Å². The first-order chi connectivity index (χ1) is 9.11. The van der Waals surface area contributed by atoms with Crippen LogP contribution in [0.1, 0.15) is 18.5 Å². The van der Waals surface area contributed by atoms with E-state index in [9.17, 15) is 4.79 Å². The minimum Gasteiger partial charge on any atom is -0.340 e. The molecule has 1 atom stereocenters. The van der Waals surface area contributed by atoms with Crippen molar-refractivity contribution in [2.24, 2.45) is 5.73 Å².